The monoisotopic (exact) mass is 179 g/mol. The Hall–Kier alpha value is -0.590. The number of rotatable bonds is 4. The number of hydrogen-bond acceptors (Lipinski definition) is 1. The maximum atomic E-state index is 11.1. The molecule has 1 aliphatic carbocycles. The van der Waals surface area contributed by atoms with Crippen LogP contribution >= 0.6 is 0 Å². The molecule has 73 valence electrons. The zero-order valence-electron chi connectivity index (χ0n) is 8.30. The summed E-state index contributed by atoms with van der Waals surface area (Å²) in [6, 6.07) is 0. The summed E-state index contributed by atoms with van der Waals surface area (Å²) in [6.07, 6.45) is 11.6. The number of hydrogen-bond donors (Lipinski definition) is 0. The molecule has 0 aromatic carbocycles. The Kier molecular flexibility index (Phi) is 4.81. The second-order valence-corrected chi connectivity index (χ2v) is 3.85. The summed E-state index contributed by atoms with van der Waals surface area (Å²) in [5, 5.41) is 0. The topological polar surface area (TPSA) is 17.1 Å². The third-order valence-electron chi connectivity index (χ3n) is 2.69. The van der Waals surface area contributed by atoms with Crippen LogP contribution in [0.5, 0.6) is 0 Å². The molecule has 1 atom stereocenters. The molecule has 1 nitrogen and oxygen atoms in total. The number of Topliss-reactive ketones (excluding diaryl/α,β-unsaturated/α-hetero) is 1. The molecular weight excluding hydrogens is 160 g/mol. The number of carbonyl (C=O) groups is 1. The van der Waals surface area contributed by atoms with Crippen LogP contribution in [-0.2, 0) is 4.79 Å². The van der Waals surface area contributed by atoms with Crippen LogP contribution in [-0.4, -0.2) is 5.78 Å². The van der Waals surface area contributed by atoms with E-state index < -0.39 is 0 Å². The lowest BCUT2D eigenvalue weighted by atomic mass is 9.94. The number of carbonyl (C=O) groups excluding carboxylic acids is 1. The van der Waals surface area contributed by atoms with Crippen LogP contribution in [0, 0.1) is 12.3 Å². The normalized spacial score (nSPS) is 24.0. The van der Waals surface area contributed by atoms with Crippen molar-refractivity contribution < 1.29 is 4.79 Å². The van der Waals surface area contributed by atoms with E-state index >= 15 is 0 Å². The fraction of sp³-hybridized carbons (Fsp3) is 0.667. The highest BCUT2D eigenvalue weighted by Crippen LogP contribution is 2.24. The standard InChI is InChI=1S/C12H19O/c1-2-3-4-6-11-7-5-8-12(13)10-9-11/h2,9,11H,1,3-8,10H2. The van der Waals surface area contributed by atoms with Crippen molar-refractivity contribution in [3.05, 3.63) is 19.1 Å². The smallest absolute Gasteiger partial charge is 0.133 e. The quantitative estimate of drug-likeness (QED) is 0.367. The van der Waals surface area contributed by atoms with Crippen molar-refractivity contribution in [1.29, 1.82) is 0 Å². The Morgan fingerprint density at radius 3 is 3.23 bits per heavy atom. The molecule has 1 unspecified atom stereocenters. The Labute approximate surface area is 81.2 Å². The molecule has 1 heteroatoms. The van der Waals surface area contributed by atoms with Crippen LogP contribution in [0.4, 0.5) is 0 Å². The van der Waals surface area contributed by atoms with E-state index in [1.807, 2.05) is 6.08 Å². The molecule has 0 aliphatic heterocycles. The van der Waals surface area contributed by atoms with Gasteiger partial charge in [-0.3, -0.25) is 4.79 Å². The SMILES string of the molecule is C=CCCCC1[CH]CC(=O)CCC1. The Morgan fingerprint density at radius 1 is 1.62 bits per heavy atom. The molecule has 0 saturated heterocycles. The van der Waals surface area contributed by atoms with Crippen molar-refractivity contribution in [1.82, 2.24) is 0 Å². The van der Waals surface area contributed by atoms with Crippen LogP contribution < -0.4 is 0 Å². The molecule has 0 amide bonds. The first kappa shape index (κ1) is 10.5. The van der Waals surface area contributed by atoms with E-state index in [-0.39, 0.29) is 0 Å². The van der Waals surface area contributed by atoms with Crippen LogP contribution in [0.3, 0.4) is 0 Å². The van der Waals surface area contributed by atoms with E-state index in [1.165, 1.54) is 19.3 Å². The first-order chi connectivity index (χ1) is 6.33. The highest BCUT2D eigenvalue weighted by Gasteiger charge is 2.15. The molecule has 0 N–H and O–H groups in total. The molecular formula is C12H19O. The van der Waals surface area contributed by atoms with Crippen LogP contribution in [0.15, 0.2) is 12.7 Å². The summed E-state index contributed by atoms with van der Waals surface area (Å²) < 4.78 is 0. The van der Waals surface area contributed by atoms with Crippen molar-refractivity contribution >= 4 is 5.78 Å². The summed E-state index contributed by atoms with van der Waals surface area (Å²) in [4.78, 5) is 11.1. The largest absolute Gasteiger partial charge is 0.300 e. The van der Waals surface area contributed by atoms with Crippen LogP contribution in [0.1, 0.15) is 44.9 Å². The van der Waals surface area contributed by atoms with E-state index in [2.05, 4.69) is 13.0 Å². The highest BCUT2D eigenvalue weighted by molar-refractivity contribution is 5.79. The number of ketones is 1. The molecule has 0 heterocycles. The fourth-order valence-corrected chi connectivity index (χ4v) is 1.87. The van der Waals surface area contributed by atoms with E-state index in [0.29, 0.717) is 18.1 Å². The third kappa shape index (κ3) is 4.25. The van der Waals surface area contributed by atoms with Gasteiger partial charge in [-0.05, 0) is 44.4 Å². The lowest BCUT2D eigenvalue weighted by molar-refractivity contribution is -0.118. The van der Waals surface area contributed by atoms with Crippen molar-refractivity contribution in [2.45, 2.75) is 44.9 Å². The number of allylic oxidation sites excluding steroid dienone is 1. The molecule has 1 saturated carbocycles. The molecule has 0 spiro atoms. The molecule has 13 heavy (non-hydrogen) atoms. The zero-order chi connectivity index (χ0) is 9.52. The van der Waals surface area contributed by atoms with Gasteiger partial charge in [0.2, 0.25) is 0 Å². The van der Waals surface area contributed by atoms with E-state index in [1.54, 1.807) is 0 Å². The lowest BCUT2D eigenvalue weighted by Gasteiger charge is -2.11. The fourth-order valence-electron chi connectivity index (χ4n) is 1.87. The minimum atomic E-state index is 0.422. The summed E-state index contributed by atoms with van der Waals surface area (Å²) in [6.45, 7) is 3.71. The predicted molar refractivity (Wildman–Crippen MR) is 55.3 cm³/mol. The average Bonchev–Trinajstić information content (AvgIpc) is 2.32. The molecule has 0 bridgehead atoms. The van der Waals surface area contributed by atoms with E-state index in [9.17, 15) is 4.79 Å². The lowest BCUT2D eigenvalue weighted by Crippen LogP contribution is -2.00. The maximum Gasteiger partial charge on any atom is 0.133 e. The van der Waals surface area contributed by atoms with Gasteiger partial charge in [0, 0.05) is 12.8 Å². The van der Waals surface area contributed by atoms with Crippen molar-refractivity contribution in [2.75, 3.05) is 0 Å². The van der Waals surface area contributed by atoms with Gasteiger partial charge in [0.05, 0.1) is 0 Å². The van der Waals surface area contributed by atoms with Gasteiger partial charge in [0.25, 0.3) is 0 Å². The minimum Gasteiger partial charge on any atom is -0.300 e. The molecule has 1 aliphatic rings. The summed E-state index contributed by atoms with van der Waals surface area (Å²) in [5.41, 5.74) is 0. The molecule has 1 rings (SSSR count). The predicted octanol–water partition coefficient (Wildman–Crippen LogP) is 3.31. The van der Waals surface area contributed by atoms with Gasteiger partial charge < -0.3 is 0 Å². The van der Waals surface area contributed by atoms with Crippen molar-refractivity contribution in [3.8, 4) is 0 Å². The zero-order valence-corrected chi connectivity index (χ0v) is 8.30. The second kappa shape index (κ2) is 5.95. The minimum absolute atomic E-state index is 0.422. The first-order valence-corrected chi connectivity index (χ1v) is 5.29. The Balaban J connectivity index is 2.17. The molecule has 1 fully saturated rings. The van der Waals surface area contributed by atoms with Gasteiger partial charge in [-0.2, -0.15) is 0 Å². The van der Waals surface area contributed by atoms with Gasteiger partial charge in [-0.1, -0.05) is 6.08 Å². The van der Waals surface area contributed by atoms with Gasteiger partial charge in [0.1, 0.15) is 5.78 Å². The molecule has 0 aromatic rings. The Bertz CT molecular complexity index is 172. The third-order valence-corrected chi connectivity index (χ3v) is 2.69. The summed E-state index contributed by atoms with van der Waals surface area (Å²) in [5.74, 6) is 1.11. The van der Waals surface area contributed by atoms with Gasteiger partial charge in [0.15, 0.2) is 0 Å². The van der Waals surface area contributed by atoms with Crippen LogP contribution in [0.25, 0.3) is 0 Å². The van der Waals surface area contributed by atoms with Gasteiger partial charge >= 0.3 is 0 Å². The van der Waals surface area contributed by atoms with Gasteiger partial charge in [-0.25, -0.2) is 0 Å². The summed E-state index contributed by atoms with van der Waals surface area (Å²) in [7, 11) is 0. The Morgan fingerprint density at radius 2 is 2.46 bits per heavy atom. The molecule has 1 radical (unpaired) electrons. The van der Waals surface area contributed by atoms with Crippen molar-refractivity contribution in [2.24, 2.45) is 5.92 Å². The maximum absolute atomic E-state index is 11.1. The first-order valence-electron chi connectivity index (χ1n) is 5.29. The van der Waals surface area contributed by atoms with Crippen molar-refractivity contribution in [3.63, 3.8) is 0 Å². The number of unbranched alkanes of at least 4 members (excludes halogenated alkanes) is 1. The second-order valence-electron chi connectivity index (χ2n) is 3.85. The molecule has 0 aromatic heterocycles. The van der Waals surface area contributed by atoms with Gasteiger partial charge in [-0.15, -0.1) is 6.58 Å². The van der Waals surface area contributed by atoms with E-state index in [4.69, 9.17) is 0 Å². The average molecular weight is 179 g/mol. The van der Waals surface area contributed by atoms with E-state index in [0.717, 1.165) is 19.3 Å². The van der Waals surface area contributed by atoms with Crippen LogP contribution in [0.2, 0.25) is 0 Å². The highest BCUT2D eigenvalue weighted by atomic mass is 16.1. The summed E-state index contributed by atoms with van der Waals surface area (Å²) >= 11 is 0.